The molecule has 0 atom stereocenters. The van der Waals surface area contributed by atoms with Crippen LogP contribution < -0.4 is 15.5 Å². The molecule has 156 valence electrons. The van der Waals surface area contributed by atoms with Gasteiger partial charge < -0.3 is 15.5 Å². The number of hydrogen-bond acceptors (Lipinski definition) is 7. The van der Waals surface area contributed by atoms with Crippen LogP contribution in [0.4, 0.5) is 17.3 Å². The standard InChI is InChI=1S/C22H22N8O/c1-23-20-16-10-24-18(26-22(31)13-3-4-13)9-15(16)17(11-25-20)21-27-19-6-5-14(12-30(19)28-21)29-7-2-8-29/h5-6,9-13H,2-4,7-8H2,1H3,(H,23,25)(H,24,26,31). The molecule has 9 nitrogen and oxygen atoms in total. The van der Waals surface area contributed by atoms with E-state index in [0.717, 1.165) is 59.4 Å². The molecule has 6 rings (SSSR count). The summed E-state index contributed by atoms with van der Waals surface area (Å²) in [4.78, 5) is 28.2. The predicted octanol–water partition coefficient (Wildman–Crippen LogP) is 2.94. The van der Waals surface area contributed by atoms with Gasteiger partial charge in [0, 0.05) is 54.8 Å². The van der Waals surface area contributed by atoms with E-state index >= 15 is 0 Å². The molecule has 0 unspecified atom stereocenters. The molecule has 0 aromatic carbocycles. The Balaban J connectivity index is 1.45. The fourth-order valence-corrected chi connectivity index (χ4v) is 3.90. The lowest BCUT2D eigenvalue weighted by Crippen LogP contribution is -2.37. The summed E-state index contributed by atoms with van der Waals surface area (Å²) in [6.45, 7) is 2.16. The average molecular weight is 414 g/mol. The van der Waals surface area contributed by atoms with E-state index < -0.39 is 0 Å². The normalized spacial score (nSPS) is 15.8. The van der Waals surface area contributed by atoms with Crippen molar-refractivity contribution in [1.29, 1.82) is 0 Å². The molecule has 1 aliphatic carbocycles. The number of carbonyl (C=O) groups is 1. The molecule has 1 saturated carbocycles. The first-order valence-corrected chi connectivity index (χ1v) is 10.6. The van der Waals surface area contributed by atoms with Crippen molar-refractivity contribution >= 4 is 39.6 Å². The monoisotopic (exact) mass is 414 g/mol. The fourth-order valence-electron chi connectivity index (χ4n) is 3.90. The van der Waals surface area contributed by atoms with Crippen molar-refractivity contribution in [3.63, 3.8) is 0 Å². The van der Waals surface area contributed by atoms with Crippen LogP contribution in [-0.4, -0.2) is 50.6 Å². The van der Waals surface area contributed by atoms with Gasteiger partial charge in [-0.15, -0.1) is 5.10 Å². The van der Waals surface area contributed by atoms with Gasteiger partial charge in [-0.1, -0.05) is 0 Å². The summed E-state index contributed by atoms with van der Waals surface area (Å²) in [7, 11) is 1.82. The van der Waals surface area contributed by atoms with Crippen molar-refractivity contribution in [2.45, 2.75) is 19.3 Å². The number of rotatable bonds is 5. The predicted molar refractivity (Wildman–Crippen MR) is 119 cm³/mol. The van der Waals surface area contributed by atoms with Crippen molar-refractivity contribution in [3.05, 3.63) is 36.8 Å². The zero-order chi connectivity index (χ0) is 20.9. The van der Waals surface area contributed by atoms with Gasteiger partial charge in [-0.25, -0.2) is 19.5 Å². The molecule has 2 N–H and O–H groups in total. The highest BCUT2D eigenvalue weighted by Crippen LogP contribution is 2.33. The Morgan fingerprint density at radius 1 is 1.13 bits per heavy atom. The van der Waals surface area contributed by atoms with Gasteiger partial charge in [0.05, 0.1) is 11.9 Å². The van der Waals surface area contributed by atoms with Gasteiger partial charge in [0.1, 0.15) is 11.6 Å². The van der Waals surface area contributed by atoms with Crippen LogP contribution in [0.5, 0.6) is 0 Å². The van der Waals surface area contributed by atoms with Crippen LogP contribution in [0.2, 0.25) is 0 Å². The summed E-state index contributed by atoms with van der Waals surface area (Å²) in [5, 5.41) is 12.5. The van der Waals surface area contributed by atoms with Crippen LogP contribution in [0.1, 0.15) is 19.3 Å². The second-order valence-corrected chi connectivity index (χ2v) is 8.12. The van der Waals surface area contributed by atoms with Crippen LogP contribution >= 0.6 is 0 Å². The van der Waals surface area contributed by atoms with E-state index in [1.807, 2.05) is 29.9 Å². The second kappa shape index (κ2) is 6.90. The topological polar surface area (TPSA) is 100 Å². The molecule has 9 heteroatoms. The molecule has 0 bridgehead atoms. The van der Waals surface area contributed by atoms with E-state index in [2.05, 4.69) is 31.6 Å². The molecule has 4 aromatic heterocycles. The minimum absolute atomic E-state index is 0.0284. The fraction of sp³-hybridized carbons (Fsp3) is 0.318. The maximum atomic E-state index is 12.2. The number of amides is 1. The lowest BCUT2D eigenvalue weighted by molar-refractivity contribution is -0.117. The van der Waals surface area contributed by atoms with Gasteiger partial charge in [-0.05, 0) is 37.5 Å². The molecule has 1 amide bonds. The van der Waals surface area contributed by atoms with E-state index in [1.165, 1.54) is 6.42 Å². The van der Waals surface area contributed by atoms with Crippen LogP contribution in [0, 0.1) is 5.92 Å². The molecular formula is C22H22N8O. The first kappa shape index (κ1) is 18.1. The molecule has 2 aliphatic rings. The highest BCUT2D eigenvalue weighted by Gasteiger charge is 2.30. The van der Waals surface area contributed by atoms with Gasteiger partial charge in [-0.2, -0.15) is 0 Å². The van der Waals surface area contributed by atoms with Gasteiger partial charge in [0.15, 0.2) is 11.5 Å². The second-order valence-electron chi connectivity index (χ2n) is 8.12. The number of pyridine rings is 3. The molecule has 4 aromatic rings. The Morgan fingerprint density at radius 2 is 2.00 bits per heavy atom. The molecule has 0 spiro atoms. The van der Waals surface area contributed by atoms with Crippen molar-refractivity contribution in [2.24, 2.45) is 5.92 Å². The zero-order valence-corrected chi connectivity index (χ0v) is 17.2. The van der Waals surface area contributed by atoms with E-state index in [9.17, 15) is 4.79 Å². The molecular weight excluding hydrogens is 392 g/mol. The van der Waals surface area contributed by atoms with Crippen molar-refractivity contribution in [1.82, 2.24) is 24.6 Å². The third-order valence-corrected chi connectivity index (χ3v) is 5.99. The Labute approximate surface area is 178 Å². The summed E-state index contributed by atoms with van der Waals surface area (Å²) < 4.78 is 1.82. The first-order valence-electron chi connectivity index (χ1n) is 10.6. The minimum Gasteiger partial charge on any atom is -0.373 e. The zero-order valence-electron chi connectivity index (χ0n) is 17.2. The highest BCUT2D eigenvalue weighted by atomic mass is 16.2. The molecule has 2 fully saturated rings. The Morgan fingerprint density at radius 3 is 2.74 bits per heavy atom. The first-order chi connectivity index (χ1) is 15.2. The molecule has 31 heavy (non-hydrogen) atoms. The number of nitrogens with zero attached hydrogens (tertiary/aromatic N) is 6. The van der Waals surface area contributed by atoms with Crippen molar-refractivity contribution in [2.75, 3.05) is 35.7 Å². The smallest absolute Gasteiger partial charge is 0.228 e. The molecule has 5 heterocycles. The number of carbonyl (C=O) groups excluding carboxylic acids is 1. The minimum atomic E-state index is 0.0284. The molecule has 1 saturated heterocycles. The maximum Gasteiger partial charge on any atom is 0.228 e. The van der Waals surface area contributed by atoms with Crippen LogP contribution in [0.3, 0.4) is 0 Å². The Hall–Kier alpha value is -3.75. The average Bonchev–Trinajstić information content (AvgIpc) is 3.51. The largest absolute Gasteiger partial charge is 0.373 e. The van der Waals surface area contributed by atoms with Gasteiger partial charge in [0.25, 0.3) is 0 Å². The summed E-state index contributed by atoms with van der Waals surface area (Å²) >= 11 is 0. The third-order valence-electron chi connectivity index (χ3n) is 5.99. The summed E-state index contributed by atoms with van der Waals surface area (Å²) in [5.41, 5.74) is 2.73. The van der Waals surface area contributed by atoms with E-state index in [4.69, 9.17) is 10.1 Å². The third kappa shape index (κ3) is 3.13. The number of fused-ring (bicyclic) bond motifs is 2. The van der Waals surface area contributed by atoms with Gasteiger partial charge in [-0.3, -0.25) is 4.79 Å². The SMILES string of the molecule is CNc1ncc(-c2nc3ccc(N4CCC4)cn3n2)c2cc(NC(=O)C3CC3)ncc12. The quantitative estimate of drug-likeness (QED) is 0.518. The van der Waals surface area contributed by atoms with E-state index in [-0.39, 0.29) is 11.8 Å². The summed E-state index contributed by atoms with van der Waals surface area (Å²) in [5.74, 6) is 1.98. The molecule has 1 aliphatic heterocycles. The maximum absolute atomic E-state index is 12.2. The number of aromatic nitrogens is 5. The van der Waals surface area contributed by atoms with E-state index in [0.29, 0.717) is 11.6 Å². The molecule has 0 radical (unpaired) electrons. The van der Waals surface area contributed by atoms with Crippen molar-refractivity contribution in [3.8, 4) is 11.4 Å². The summed E-state index contributed by atoms with van der Waals surface area (Å²) in [6.07, 6.45) is 8.64. The lowest BCUT2D eigenvalue weighted by atomic mass is 10.1. The van der Waals surface area contributed by atoms with Crippen LogP contribution in [0.25, 0.3) is 27.8 Å². The Kier molecular flexibility index (Phi) is 4.02. The van der Waals surface area contributed by atoms with Gasteiger partial charge >= 0.3 is 0 Å². The van der Waals surface area contributed by atoms with Crippen LogP contribution in [-0.2, 0) is 4.79 Å². The number of hydrogen-bond donors (Lipinski definition) is 2. The summed E-state index contributed by atoms with van der Waals surface area (Å²) in [6, 6.07) is 5.96. The van der Waals surface area contributed by atoms with Gasteiger partial charge in [0.2, 0.25) is 5.91 Å². The lowest BCUT2D eigenvalue weighted by Gasteiger charge is -2.32. The van der Waals surface area contributed by atoms with E-state index in [1.54, 1.807) is 12.4 Å². The number of anilines is 3. The van der Waals surface area contributed by atoms with Crippen molar-refractivity contribution < 1.29 is 4.79 Å². The number of nitrogens with one attached hydrogen (secondary N) is 2. The van der Waals surface area contributed by atoms with Crippen LogP contribution in [0.15, 0.2) is 36.8 Å². The highest BCUT2D eigenvalue weighted by molar-refractivity contribution is 6.03. The Bertz CT molecular complexity index is 1320.